The molecular formula is C85H156NO8P. The van der Waals surface area contributed by atoms with Crippen molar-refractivity contribution >= 4 is 19.8 Å². The molecule has 0 N–H and O–H groups in total. The van der Waals surface area contributed by atoms with Crippen molar-refractivity contribution in [2.24, 2.45) is 0 Å². The number of carbonyl (C=O) groups is 2. The van der Waals surface area contributed by atoms with E-state index in [1.54, 1.807) is 0 Å². The van der Waals surface area contributed by atoms with Gasteiger partial charge in [-0.25, -0.2) is 0 Å². The SMILES string of the molecule is CC/C=C\C/C=C\C/C=C\C/C=C\C/C=C\C/C=C\C/C=C\CCCCCCCCCCCC(=O)OC(COC(=O)CCCCCCCCCCCCCCCCCCCCCCCCCCCCCCCCCCCCCCCCCC)COP(=O)([O-])OCC[N+](C)(C)C. The summed E-state index contributed by atoms with van der Waals surface area (Å²) in [5.74, 6) is -0.827. The van der Waals surface area contributed by atoms with Gasteiger partial charge in [0.25, 0.3) is 7.82 Å². The number of quaternary nitrogens is 1. The lowest BCUT2D eigenvalue weighted by Crippen LogP contribution is -2.37. The minimum atomic E-state index is -4.65. The Morgan fingerprint density at radius 2 is 0.600 bits per heavy atom. The fraction of sp³-hybridized carbons (Fsp3) is 0.812. The van der Waals surface area contributed by atoms with E-state index in [-0.39, 0.29) is 32.0 Å². The molecule has 0 amide bonds. The molecule has 0 saturated heterocycles. The van der Waals surface area contributed by atoms with Gasteiger partial charge in [-0.05, 0) is 70.6 Å². The maximum absolute atomic E-state index is 12.9. The third-order valence-corrected chi connectivity index (χ3v) is 19.1. The minimum Gasteiger partial charge on any atom is -0.756 e. The number of ether oxygens (including phenoxy) is 2. The van der Waals surface area contributed by atoms with Crippen LogP contribution in [0.25, 0.3) is 0 Å². The maximum atomic E-state index is 12.9. The van der Waals surface area contributed by atoms with E-state index < -0.39 is 26.5 Å². The van der Waals surface area contributed by atoms with Crippen molar-refractivity contribution < 1.29 is 42.1 Å². The Morgan fingerprint density at radius 3 is 0.895 bits per heavy atom. The molecule has 0 aliphatic carbocycles. The number of hydrogen-bond donors (Lipinski definition) is 0. The van der Waals surface area contributed by atoms with Gasteiger partial charge in [-0.1, -0.05) is 394 Å². The van der Waals surface area contributed by atoms with Crippen molar-refractivity contribution in [3.8, 4) is 0 Å². The molecule has 95 heavy (non-hydrogen) atoms. The zero-order chi connectivity index (χ0) is 69.0. The molecule has 9 nitrogen and oxygen atoms in total. The fourth-order valence-electron chi connectivity index (χ4n) is 12.0. The van der Waals surface area contributed by atoms with E-state index in [2.05, 4.69) is 98.9 Å². The van der Waals surface area contributed by atoms with E-state index in [9.17, 15) is 19.0 Å². The molecule has 0 aliphatic rings. The summed E-state index contributed by atoms with van der Waals surface area (Å²) in [5.41, 5.74) is 0. The molecule has 0 radical (unpaired) electrons. The van der Waals surface area contributed by atoms with Gasteiger partial charge in [0.1, 0.15) is 19.8 Å². The molecule has 0 aliphatic heterocycles. The largest absolute Gasteiger partial charge is 0.756 e. The predicted molar refractivity (Wildman–Crippen MR) is 411 cm³/mol. The zero-order valence-corrected chi connectivity index (χ0v) is 64.3. The van der Waals surface area contributed by atoms with Crippen LogP contribution in [0, 0.1) is 0 Å². The van der Waals surface area contributed by atoms with Gasteiger partial charge in [0.05, 0.1) is 27.7 Å². The molecule has 2 atom stereocenters. The van der Waals surface area contributed by atoms with Crippen LogP contribution >= 0.6 is 7.82 Å². The van der Waals surface area contributed by atoms with Gasteiger partial charge in [-0.2, -0.15) is 0 Å². The molecule has 10 heteroatoms. The lowest BCUT2D eigenvalue weighted by molar-refractivity contribution is -0.870. The van der Waals surface area contributed by atoms with E-state index in [1.165, 1.54) is 270 Å². The lowest BCUT2D eigenvalue weighted by atomic mass is 10.0. The van der Waals surface area contributed by atoms with Crippen LogP contribution < -0.4 is 4.89 Å². The third-order valence-electron chi connectivity index (χ3n) is 18.2. The highest BCUT2D eigenvalue weighted by Gasteiger charge is 2.22. The Morgan fingerprint density at radius 1 is 0.337 bits per heavy atom. The first-order valence-electron chi connectivity index (χ1n) is 40.8. The predicted octanol–water partition coefficient (Wildman–Crippen LogP) is 26.6. The maximum Gasteiger partial charge on any atom is 0.306 e. The normalized spacial score (nSPS) is 13.5. The summed E-state index contributed by atoms with van der Waals surface area (Å²) >= 11 is 0. The van der Waals surface area contributed by atoms with Crippen LogP contribution in [-0.2, 0) is 32.7 Å². The highest BCUT2D eigenvalue weighted by atomic mass is 31.2. The van der Waals surface area contributed by atoms with E-state index in [1.807, 2.05) is 21.1 Å². The van der Waals surface area contributed by atoms with Crippen LogP contribution in [0.15, 0.2) is 85.1 Å². The van der Waals surface area contributed by atoms with E-state index in [0.717, 1.165) is 89.9 Å². The molecule has 0 spiro atoms. The van der Waals surface area contributed by atoms with Gasteiger partial charge >= 0.3 is 11.9 Å². The topological polar surface area (TPSA) is 111 Å². The second-order valence-electron chi connectivity index (χ2n) is 28.8. The number of nitrogens with zero attached hydrogens (tertiary/aromatic N) is 1. The van der Waals surface area contributed by atoms with Crippen molar-refractivity contribution in [1.82, 2.24) is 0 Å². The first-order valence-corrected chi connectivity index (χ1v) is 42.3. The molecule has 0 fully saturated rings. The van der Waals surface area contributed by atoms with Crippen LogP contribution in [0.4, 0.5) is 0 Å². The molecule has 0 bridgehead atoms. The van der Waals surface area contributed by atoms with Crippen LogP contribution in [-0.4, -0.2) is 70.0 Å². The first kappa shape index (κ1) is 92.2. The first-order chi connectivity index (χ1) is 46.5. The van der Waals surface area contributed by atoms with Crippen molar-refractivity contribution in [3.63, 3.8) is 0 Å². The standard InChI is InChI=1S/C85H156NO8P/c1-6-8-10-12-14-16-18-20-22-24-26-28-30-32-34-36-38-39-40-41-42-43-44-45-46-48-49-51-53-55-57-59-61-63-65-67-69-71-73-75-77-84(87)91-81-83(82-93-95(89,90)92-80-79-86(3,4)5)94-85(88)78-76-74-72-70-68-66-64-62-60-58-56-54-52-50-47-37-35-33-31-29-27-25-23-21-19-17-15-13-11-9-7-2/h9,11,15,17,21,23,27,29,33,35,47,50,54,56,83H,6-8,10,12-14,16,18-20,22,24-26,28,30-32,34,36-46,48-49,51-53,55,57-82H2,1-5H3/b11-9-,17-15-,23-21-,29-27-,35-33-,50-47-,56-54-. The average molecular weight is 1350 g/mol. The fourth-order valence-corrected chi connectivity index (χ4v) is 12.7. The Hall–Kier alpha value is -2.81. The van der Waals surface area contributed by atoms with Crippen LogP contribution in [0.3, 0.4) is 0 Å². The van der Waals surface area contributed by atoms with Gasteiger partial charge in [-0.15, -0.1) is 0 Å². The molecule has 0 aromatic rings. The summed E-state index contributed by atoms with van der Waals surface area (Å²) in [7, 11) is 1.17. The number of esters is 2. The molecule has 0 heterocycles. The third kappa shape index (κ3) is 80.1. The highest BCUT2D eigenvalue weighted by Crippen LogP contribution is 2.38. The van der Waals surface area contributed by atoms with Crippen LogP contribution in [0.2, 0.25) is 0 Å². The summed E-state index contributed by atoms with van der Waals surface area (Å²) in [6.07, 6.45) is 104. The summed E-state index contributed by atoms with van der Waals surface area (Å²) in [6, 6.07) is 0. The Labute approximate surface area is 590 Å². The van der Waals surface area contributed by atoms with Gasteiger partial charge in [0, 0.05) is 12.8 Å². The van der Waals surface area contributed by atoms with E-state index in [4.69, 9.17) is 18.5 Å². The lowest BCUT2D eigenvalue weighted by Gasteiger charge is -2.28. The number of rotatable bonds is 76. The van der Waals surface area contributed by atoms with Gasteiger partial charge < -0.3 is 27.9 Å². The molecule has 0 saturated carbocycles. The molecule has 554 valence electrons. The Kier molecular flexibility index (Phi) is 73.2. The summed E-state index contributed by atoms with van der Waals surface area (Å²) in [6.45, 7) is 4.17. The molecule has 0 aromatic heterocycles. The Bertz CT molecular complexity index is 1880. The van der Waals surface area contributed by atoms with Crippen molar-refractivity contribution in [2.45, 2.75) is 399 Å². The quantitative estimate of drug-likeness (QED) is 0.0195. The summed E-state index contributed by atoms with van der Waals surface area (Å²) in [5, 5.41) is 0. The summed E-state index contributed by atoms with van der Waals surface area (Å²) < 4.78 is 34.4. The van der Waals surface area contributed by atoms with Crippen molar-refractivity contribution in [2.75, 3.05) is 47.5 Å². The molecule has 0 rings (SSSR count). The molecule has 2 unspecified atom stereocenters. The highest BCUT2D eigenvalue weighted by molar-refractivity contribution is 7.45. The number of phosphoric acid groups is 1. The van der Waals surface area contributed by atoms with Gasteiger partial charge in [0.2, 0.25) is 0 Å². The second kappa shape index (κ2) is 75.4. The number of likely N-dealkylation sites (N-methyl/N-ethyl adjacent to an activating group) is 1. The average Bonchev–Trinajstić information content (AvgIpc) is 2.29. The van der Waals surface area contributed by atoms with Crippen molar-refractivity contribution in [3.05, 3.63) is 85.1 Å². The number of carbonyl (C=O) groups excluding carboxylic acids is 2. The van der Waals surface area contributed by atoms with Gasteiger partial charge in [0.15, 0.2) is 6.10 Å². The zero-order valence-electron chi connectivity index (χ0n) is 63.4. The number of allylic oxidation sites excluding steroid dienone is 14. The minimum absolute atomic E-state index is 0.0338. The monoisotopic (exact) mass is 1350 g/mol. The molecular weight excluding hydrogens is 1190 g/mol. The van der Waals surface area contributed by atoms with Crippen molar-refractivity contribution in [1.29, 1.82) is 0 Å². The second-order valence-corrected chi connectivity index (χ2v) is 30.2. The number of unbranched alkanes of at least 4 members (excludes halogenated alkanes) is 48. The van der Waals surface area contributed by atoms with E-state index >= 15 is 0 Å². The number of hydrogen-bond acceptors (Lipinski definition) is 8. The Balaban J connectivity index is 3.93. The molecule has 0 aromatic carbocycles. The smallest absolute Gasteiger partial charge is 0.306 e. The number of phosphoric ester groups is 1. The van der Waals surface area contributed by atoms with Gasteiger partial charge in [-0.3, -0.25) is 14.2 Å². The van der Waals surface area contributed by atoms with E-state index in [0.29, 0.717) is 17.4 Å². The summed E-state index contributed by atoms with van der Waals surface area (Å²) in [4.78, 5) is 38.2. The van der Waals surface area contributed by atoms with Crippen LogP contribution in [0.1, 0.15) is 393 Å². The van der Waals surface area contributed by atoms with Crippen LogP contribution in [0.5, 0.6) is 0 Å².